The number of rotatable bonds is 8. The highest BCUT2D eigenvalue weighted by atomic mass is 16.2. The Morgan fingerprint density at radius 3 is 2.69 bits per heavy atom. The van der Waals surface area contributed by atoms with Gasteiger partial charge in [0.2, 0.25) is 0 Å². The highest BCUT2D eigenvalue weighted by Gasteiger charge is 2.45. The Kier molecular flexibility index (Phi) is 6.94. The molecule has 1 atom stereocenters. The van der Waals surface area contributed by atoms with Gasteiger partial charge in [-0.15, -0.1) is 0 Å². The molecule has 0 radical (unpaired) electrons. The SMILES string of the molecule is CCC1(C)NC(=O)N(CCCNC(=NC)NCCc2ccccn2)C1=O. The van der Waals surface area contributed by atoms with Gasteiger partial charge in [0.1, 0.15) is 5.54 Å². The van der Waals surface area contributed by atoms with E-state index in [4.69, 9.17) is 0 Å². The fourth-order valence-corrected chi connectivity index (χ4v) is 2.71. The Morgan fingerprint density at radius 1 is 1.31 bits per heavy atom. The van der Waals surface area contributed by atoms with Crippen LogP contribution >= 0.6 is 0 Å². The number of carbonyl (C=O) groups excluding carboxylic acids is 2. The zero-order valence-corrected chi connectivity index (χ0v) is 15.7. The molecule has 0 spiro atoms. The molecule has 0 bridgehead atoms. The highest BCUT2D eigenvalue weighted by molar-refractivity contribution is 6.06. The zero-order chi connectivity index (χ0) is 19.0. The second-order valence-electron chi connectivity index (χ2n) is 6.42. The molecule has 1 aliphatic rings. The lowest BCUT2D eigenvalue weighted by atomic mass is 9.99. The Hall–Kier alpha value is -2.64. The minimum absolute atomic E-state index is 0.150. The van der Waals surface area contributed by atoms with Crippen LogP contribution in [0.15, 0.2) is 29.4 Å². The minimum atomic E-state index is -0.770. The van der Waals surface area contributed by atoms with Crippen LogP contribution in [0.4, 0.5) is 4.79 Å². The molecule has 2 rings (SSSR count). The third kappa shape index (κ3) is 4.93. The van der Waals surface area contributed by atoms with Crippen molar-refractivity contribution in [2.24, 2.45) is 4.99 Å². The van der Waals surface area contributed by atoms with Gasteiger partial charge in [0.15, 0.2) is 5.96 Å². The molecule has 1 saturated heterocycles. The molecule has 2 heterocycles. The molecule has 1 aromatic rings. The van der Waals surface area contributed by atoms with E-state index in [2.05, 4.69) is 25.9 Å². The van der Waals surface area contributed by atoms with Crippen LogP contribution in [0.1, 0.15) is 32.4 Å². The topological polar surface area (TPSA) is 98.7 Å². The van der Waals surface area contributed by atoms with E-state index in [0.717, 1.165) is 18.7 Å². The third-order valence-electron chi connectivity index (χ3n) is 4.53. The van der Waals surface area contributed by atoms with Crippen LogP contribution in [0.2, 0.25) is 0 Å². The average molecular weight is 360 g/mol. The lowest BCUT2D eigenvalue weighted by Crippen LogP contribution is -2.43. The lowest BCUT2D eigenvalue weighted by molar-refractivity contribution is -0.130. The van der Waals surface area contributed by atoms with Gasteiger partial charge in [0, 0.05) is 45.0 Å². The van der Waals surface area contributed by atoms with Crippen LogP contribution in [0, 0.1) is 0 Å². The quantitative estimate of drug-likeness (QED) is 0.277. The molecule has 0 aromatic carbocycles. The number of nitrogens with one attached hydrogen (secondary N) is 3. The van der Waals surface area contributed by atoms with E-state index < -0.39 is 5.54 Å². The molecule has 26 heavy (non-hydrogen) atoms. The number of hydrogen-bond acceptors (Lipinski definition) is 4. The van der Waals surface area contributed by atoms with E-state index in [1.807, 2.05) is 25.1 Å². The van der Waals surface area contributed by atoms with Gasteiger partial charge in [-0.1, -0.05) is 13.0 Å². The van der Waals surface area contributed by atoms with Gasteiger partial charge in [-0.05, 0) is 31.9 Å². The summed E-state index contributed by atoms with van der Waals surface area (Å²) in [5, 5.41) is 9.18. The van der Waals surface area contributed by atoms with Gasteiger partial charge in [0.25, 0.3) is 5.91 Å². The summed E-state index contributed by atoms with van der Waals surface area (Å²) in [6.07, 6.45) is 3.82. The highest BCUT2D eigenvalue weighted by Crippen LogP contribution is 2.20. The summed E-state index contributed by atoms with van der Waals surface area (Å²) in [6.45, 7) is 5.38. The van der Waals surface area contributed by atoms with Crippen LogP contribution in [-0.2, 0) is 11.2 Å². The second-order valence-corrected chi connectivity index (χ2v) is 6.42. The number of imide groups is 1. The number of pyridine rings is 1. The van der Waals surface area contributed by atoms with Crippen molar-refractivity contribution in [2.45, 2.75) is 38.6 Å². The number of guanidine groups is 1. The summed E-state index contributed by atoms with van der Waals surface area (Å²) < 4.78 is 0. The molecular weight excluding hydrogens is 332 g/mol. The summed E-state index contributed by atoms with van der Waals surface area (Å²) in [5.74, 6) is 0.541. The first kappa shape index (κ1) is 19.7. The van der Waals surface area contributed by atoms with Crippen molar-refractivity contribution >= 4 is 17.9 Å². The normalized spacial score (nSPS) is 20.3. The van der Waals surface area contributed by atoms with Crippen LogP contribution < -0.4 is 16.0 Å². The van der Waals surface area contributed by atoms with Gasteiger partial charge >= 0.3 is 6.03 Å². The Bertz CT molecular complexity index is 648. The molecule has 1 aliphatic heterocycles. The van der Waals surface area contributed by atoms with Crippen molar-refractivity contribution < 1.29 is 9.59 Å². The van der Waals surface area contributed by atoms with Crippen molar-refractivity contribution in [3.8, 4) is 0 Å². The molecule has 0 aliphatic carbocycles. The standard InChI is InChI=1S/C18H28N6O2/c1-4-18(2)15(25)24(17(26)23-18)13-7-11-21-16(19-3)22-12-9-14-8-5-6-10-20-14/h5-6,8,10H,4,7,9,11-13H2,1-3H3,(H,23,26)(H2,19,21,22). The number of amides is 3. The lowest BCUT2D eigenvalue weighted by Gasteiger charge is -2.19. The zero-order valence-electron chi connectivity index (χ0n) is 15.7. The molecule has 3 amide bonds. The maximum absolute atomic E-state index is 12.3. The maximum atomic E-state index is 12.3. The Balaban J connectivity index is 1.68. The number of hydrogen-bond donors (Lipinski definition) is 3. The molecule has 1 unspecified atom stereocenters. The molecule has 8 heteroatoms. The maximum Gasteiger partial charge on any atom is 0.325 e. The largest absolute Gasteiger partial charge is 0.356 e. The number of carbonyl (C=O) groups is 2. The van der Waals surface area contributed by atoms with Gasteiger partial charge in [-0.25, -0.2) is 4.79 Å². The first-order valence-corrected chi connectivity index (χ1v) is 8.98. The number of aromatic nitrogens is 1. The second kappa shape index (κ2) is 9.17. The molecular formula is C18H28N6O2. The van der Waals surface area contributed by atoms with Gasteiger partial charge in [-0.3, -0.25) is 19.7 Å². The van der Waals surface area contributed by atoms with Crippen LogP contribution in [0.3, 0.4) is 0 Å². The molecule has 3 N–H and O–H groups in total. The first-order chi connectivity index (χ1) is 12.5. The van der Waals surface area contributed by atoms with E-state index in [-0.39, 0.29) is 11.9 Å². The van der Waals surface area contributed by atoms with E-state index >= 15 is 0 Å². The van der Waals surface area contributed by atoms with Gasteiger partial charge in [0.05, 0.1) is 0 Å². The molecule has 1 aromatic heterocycles. The van der Waals surface area contributed by atoms with Crippen LogP contribution in [0.25, 0.3) is 0 Å². The monoisotopic (exact) mass is 360 g/mol. The van der Waals surface area contributed by atoms with E-state index in [9.17, 15) is 9.59 Å². The van der Waals surface area contributed by atoms with Crippen molar-refractivity contribution in [3.05, 3.63) is 30.1 Å². The first-order valence-electron chi connectivity index (χ1n) is 8.98. The molecule has 1 fully saturated rings. The smallest absolute Gasteiger partial charge is 0.325 e. The predicted molar refractivity (Wildman–Crippen MR) is 101 cm³/mol. The van der Waals surface area contributed by atoms with Crippen molar-refractivity contribution in [1.82, 2.24) is 25.8 Å². The fourth-order valence-electron chi connectivity index (χ4n) is 2.71. The third-order valence-corrected chi connectivity index (χ3v) is 4.53. The summed E-state index contributed by atoms with van der Waals surface area (Å²) in [7, 11) is 1.71. The summed E-state index contributed by atoms with van der Waals surface area (Å²) in [4.78, 5) is 34.0. The molecule has 0 saturated carbocycles. The van der Waals surface area contributed by atoms with Crippen molar-refractivity contribution in [1.29, 1.82) is 0 Å². The fraction of sp³-hybridized carbons (Fsp3) is 0.556. The summed E-state index contributed by atoms with van der Waals surface area (Å²) in [6, 6.07) is 5.54. The summed E-state index contributed by atoms with van der Waals surface area (Å²) >= 11 is 0. The summed E-state index contributed by atoms with van der Waals surface area (Å²) in [5.41, 5.74) is 0.251. The van der Waals surface area contributed by atoms with Crippen molar-refractivity contribution in [2.75, 3.05) is 26.7 Å². The molecule has 8 nitrogen and oxygen atoms in total. The number of aliphatic imine (C=N–C) groups is 1. The minimum Gasteiger partial charge on any atom is -0.356 e. The molecule has 142 valence electrons. The Morgan fingerprint density at radius 2 is 2.08 bits per heavy atom. The van der Waals surface area contributed by atoms with E-state index in [0.29, 0.717) is 31.9 Å². The van der Waals surface area contributed by atoms with E-state index in [1.54, 1.807) is 20.2 Å². The Labute approximate surface area is 154 Å². The van der Waals surface area contributed by atoms with Crippen molar-refractivity contribution in [3.63, 3.8) is 0 Å². The van der Waals surface area contributed by atoms with Crippen LogP contribution in [0.5, 0.6) is 0 Å². The van der Waals surface area contributed by atoms with Gasteiger partial charge < -0.3 is 16.0 Å². The number of nitrogens with zero attached hydrogens (tertiary/aromatic N) is 3. The van der Waals surface area contributed by atoms with Gasteiger partial charge in [-0.2, -0.15) is 0 Å². The predicted octanol–water partition coefficient (Wildman–Crippen LogP) is 0.900. The number of urea groups is 1. The van der Waals surface area contributed by atoms with E-state index in [1.165, 1.54) is 4.90 Å². The average Bonchev–Trinajstić information content (AvgIpc) is 2.87. The van der Waals surface area contributed by atoms with Crippen LogP contribution in [-0.4, -0.2) is 60.0 Å².